The van der Waals surface area contributed by atoms with Gasteiger partial charge in [-0.3, -0.25) is 4.57 Å². The lowest BCUT2D eigenvalue weighted by atomic mass is 10.2. The van der Waals surface area contributed by atoms with Crippen molar-refractivity contribution in [3.05, 3.63) is 11.6 Å². The molecule has 0 aromatic carbocycles. The minimum absolute atomic E-state index is 0.0802. The molecule has 0 aliphatic rings. The molecule has 1 amide bonds. The summed E-state index contributed by atoms with van der Waals surface area (Å²) in [7, 11) is -3.45. The maximum absolute atomic E-state index is 12.9. The number of allylic oxidation sites excluding steroid dienone is 1. The molecule has 26 heavy (non-hydrogen) atoms. The predicted molar refractivity (Wildman–Crippen MR) is 99.5 cm³/mol. The fraction of sp³-hybridized carbons (Fsp3) is 0.765. The van der Waals surface area contributed by atoms with E-state index < -0.39 is 31.3 Å². The Kier molecular flexibility index (Phi) is 9.56. The van der Waals surface area contributed by atoms with Crippen molar-refractivity contribution < 1.29 is 33.0 Å². The highest BCUT2D eigenvalue weighted by atomic mass is 31.2. The van der Waals surface area contributed by atoms with E-state index in [2.05, 4.69) is 5.32 Å². The average Bonchev–Trinajstić information content (AvgIpc) is 2.31. The van der Waals surface area contributed by atoms with Gasteiger partial charge in [-0.1, -0.05) is 11.6 Å². The Bertz CT molecular complexity index is 550. The summed E-state index contributed by atoms with van der Waals surface area (Å²) >= 11 is 0. The van der Waals surface area contributed by atoms with Gasteiger partial charge >= 0.3 is 19.7 Å². The molecule has 0 unspecified atom stereocenters. The van der Waals surface area contributed by atoms with E-state index in [4.69, 9.17) is 13.8 Å². The van der Waals surface area contributed by atoms with Crippen molar-refractivity contribution in [3.63, 3.8) is 0 Å². The Morgan fingerprint density at radius 1 is 1.12 bits per heavy atom. The lowest BCUT2D eigenvalue weighted by molar-refractivity contribution is -0.138. The Morgan fingerprint density at radius 2 is 1.58 bits per heavy atom. The maximum atomic E-state index is 12.9. The zero-order chi connectivity index (χ0) is 20.7. The third-order valence-corrected chi connectivity index (χ3v) is 4.95. The second-order valence-electron chi connectivity index (χ2n) is 7.55. The van der Waals surface area contributed by atoms with Gasteiger partial charge in [0.05, 0.1) is 18.4 Å². The van der Waals surface area contributed by atoms with E-state index in [0.29, 0.717) is 5.57 Å². The van der Waals surface area contributed by atoms with E-state index in [0.717, 1.165) is 0 Å². The number of carbonyl (C=O) groups excluding carboxylic acids is 1. The van der Waals surface area contributed by atoms with Crippen molar-refractivity contribution in [3.8, 4) is 0 Å². The quantitative estimate of drug-likeness (QED) is 0.450. The standard InChI is InChI=1S/C17H32NO7P/c1-11(2)24-26(22,25-12(3)4)10-13(5)9-14(15(19)20)18-16(21)23-17(6,7)8/h9,11-12,14H,10H2,1-8H3,(H,18,21)(H,19,20)/t14-/m1/s1. The molecule has 0 aromatic heterocycles. The normalized spacial score (nSPS) is 14.5. The van der Waals surface area contributed by atoms with Crippen molar-refractivity contribution in [1.29, 1.82) is 0 Å². The van der Waals surface area contributed by atoms with Crippen LogP contribution in [-0.2, 0) is 23.1 Å². The summed E-state index contributed by atoms with van der Waals surface area (Å²) in [5.41, 5.74) is -0.296. The summed E-state index contributed by atoms with van der Waals surface area (Å²) in [5, 5.41) is 11.6. The van der Waals surface area contributed by atoms with Crippen LogP contribution in [0.1, 0.15) is 55.4 Å². The minimum Gasteiger partial charge on any atom is -0.479 e. The number of alkyl carbamates (subject to hydrolysis) is 1. The monoisotopic (exact) mass is 393 g/mol. The zero-order valence-corrected chi connectivity index (χ0v) is 17.8. The summed E-state index contributed by atoms with van der Waals surface area (Å²) < 4.78 is 28.8. The van der Waals surface area contributed by atoms with E-state index >= 15 is 0 Å². The second kappa shape index (κ2) is 10.1. The predicted octanol–water partition coefficient (Wildman–Crippen LogP) is 3.95. The Balaban J connectivity index is 5.26. The van der Waals surface area contributed by atoms with Crippen LogP contribution in [0.15, 0.2) is 11.6 Å². The number of rotatable bonds is 9. The molecule has 1 atom stereocenters. The molecule has 0 aromatic rings. The summed E-state index contributed by atoms with van der Waals surface area (Å²) in [6.45, 7) is 13.6. The fourth-order valence-electron chi connectivity index (χ4n) is 1.99. The maximum Gasteiger partial charge on any atom is 0.408 e. The lowest BCUT2D eigenvalue weighted by Gasteiger charge is -2.24. The van der Waals surface area contributed by atoms with E-state index in [9.17, 15) is 19.3 Å². The van der Waals surface area contributed by atoms with Crippen molar-refractivity contribution in [2.75, 3.05) is 6.16 Å². The molecule has 0 heterocycles. The Morgan fingerprint density at radius 3 is 1.92 bits per heavy atom. The van der Waals surface area contributed by atoms with Crippen molar-refractivity contribution in [1.82, 2.24) is 5.32 Å². The van der Waals surface area contributed by atoms with Gasteiger partial charge in [0.25, 0.3) is 0 Å². The van der Waals surface area contributed by atoms with Crippen LogP contribution in [0.2, 0.25) is 0 Å². The highest BCUT2D eigenvalue weighted by Crippen LogP contribution is 2.51. The summed E-state index contributed by atoms with van der Waals surface area (Å²) in [6, 6.07) is -1.32. The first-order chi connectivity index (χ1) is 11.6. The van der Waals surface area contributed by atoms with Crippen LogP contribution < -0.4 is 5.32 Å². The Labute approximate surface area is 155 Å². The van der Waals surface area contributed by atoms with Gasteiger partial charge in [-0.15, -0.1) is 0 Å². The molecule has 0 radical (unpaired) electrons. The lowest BCUT2D eigenvalue weighted by Crippen LogP contribution is -2.42. The molecule has 2 N–H and O–H groups in total. The molecule has 9 heteroatoms. The SMILES string of the molecule is CC(=C[C@@H](NC(=O)OC(C)(C)C)C(=O)O)CP(=O)(OC(C)C)OC(C)C. The van der Waals surface area contributed by atoms with Gasteiger partial charge < -0.3 is 24.2 Å². The molecule has 0 aliphatic carbocycles. The van der Waals surface area contributed by atoms with Gasteiger partial charge in [0.2, 0.25) is 0 Å². The molecule has 0 aliphatic heterocycles. The van der Waals surface area contributed by atoms with Crippen molar-refractivity contribution in [2.24, 2.45) is 0 Å². The number of carboxylic acids is 1. The highest BCUT2D eigenvalue weighted by molar-refractivity contribution is 7.54. The molecule has 0 fully saturated rings. The van der Waals surface area contributed by atoms with Gasteiger partial charge in [0.1, 0.15) is 11.6 Å². The van der Waals surface area contributed by atoms with Crippen molar-refractivity contribution in [2.45, 2.75) is 79.2 Å². The van der Waals surface area contributed by atoms with Crippen LogP contribution in [0.4, 0.5) is 4.79 Å². The first-order valence-corrected chi connectivity index (χ1v) is 10.2. The minimum atomic E-state index is -3.45. The van der Waals surface area contributed by atoms with E-state index in [-0.39, 0.29) is 18.4 Å². The largest absolute Gasteiger partial charge is 0.479 e. The molecule has 0 saturated carbocycles. The van der Waals surface area contributed by atoms with Gasteiger partial charge in [0.15, 0.2) is 0 Å². The van der Waals surface area contributed by atoms with Crippen LogP contribution in [0.5, 0.6) is 0 Å². The van der Waals surface area contributed by atoms with E-state index in [1.54, 1.807) is 55.4 Å². The number of aliphatic carboxylic acids is 1. The number of ether oxygens (including phenoxy) is 1. The molecule has 152 valence electrons. The zero-order valence-electron chi connectivity index (χ0n) is 16.9. The molecule has 8 nitrogen and oxygen atoms in total. The van der Waals surface area contributed by atoms with Crippen molar-refractivity contribution >= 4 is 19.7 Å². The van der Waals surface area contributed by atoms with Crippen LogP contribution in [0.3, 0.4) is 0 Å². The summed E-state index contributed by atoms with van der Waals surface area (Å²) in [4.78, 5) is 23.2. The topological polar surface area (TPSA) is 111 Å². The molecular weight excluding hydrogens is 361 g/mol. The number of carbonyl (C=O) groups is 2. The molecular formula is C17H32NO7P. The summed E-state index contributed by atoms with van der Waals surface area (Å²) in [6.07, 6.45) is -0.269. The third kappa shape index (κ3) is 11.3. The fourth-order valence-corrected chi connectivity index (χ4v) is 4.19. The number of amides is 1. The number of carboxylic acid groups (broad SMARTS) is 1. The number of nitrogens with one attached hydrogen (secondary N) is 1. The average molecular weight is 393 g/mol. The van der Waals surface area contributed by atoms with Gasteiger partial charge in [-0.25, -0.2) is 9.59 Å². The highest BCUT2D eigenvalue weighted by Gasteiger charge is 2.29. The van der Waals surface area contributed by atoms with Crippen LogP contribution in [0, 0.1) is 0 Å². The molecule has 0 spiro atoms. The van der Waals surface area contributed by atoms with Crippen LogP contribution >= 0.6 is 7.60 Å². The van der Waals surface area contributed by atoms with E-state index in [1.165, 1.54) is 6.08 Å². The van der Waals surface area contributed by atoms with Gasteiger partial charge in [0, 0.05) is 0 Å². The second-order valence-corrected chi connectivity index (χ2v) is 9.51. The van der Waals surface area contributed by atoms with Crippen LogP contribution in [-0.4, -0.2) is 47.2 Å². The van der Waals surface area contributed by atoms with Gasteiger partial charge in [-0.05, 0) is 55.4 Å². The number of hydrogen-bond acceptors (Lipinski definition) is 6. The number of hydrogen-bond donors (Lipinski definition) is 2. The van der Waals surface area contributed by atoms with E-state index in [1.807, 2.05) is 0 Å². The first kappa shape index (κ1) is 24.6. The molecule has 0 rings (SSSR count). The Hall–Kier alpha value is -1.37. The third-order valence-electron chi connectivity index (χ3n) is 2.58. The smallest absolute Gasteiger partial charge is 0.408 e. The van der Waals surface area contributed by atoms with Crippen LogP contribution in [0.25, 0.3) is 0 Å². The molecule has 0 bridgehead atoms. The summed E-state index contributed by atoms with van der Waals surface area (Å²) in [5.74, 6) is -1.26. The first-order valence-electron chi connectivity index (χ1n) is 8.49. The van der Waals surface area contributed by atoms with Gasteiger partial charge in [-0.2, -0.15) is 0 Å². The molecule has 0 saturated heterocycles.